The summed E-state index contributed by atoms with van der Waals surface area (Å²) in [7, 11) is 0. The fourth-order valence-electron chi connectivity index (χ4n) is 2.04. The number of nitrogens with zero attached hydrogens (tertiary/aromatic N) is 12. The van der Waals surface area contributed by atoms with Gasteiger partial charge in [-0.15, -0.1) is 26.7 Å². The average molecular weight is 394 g/mol. The summed E-state index contributed by atoms with van der Waals surface area (Å²) in [5.41, 5.74) is 0. The molecule has 1 radical (unpaired) electrons. The molecular weight excluding hydrogens is 376 g/mol. The van der Waals surface area contributed by atoms with Crippen LogP contribution in [0.1, 0.15) is 0 Å². The van der Waals surface area contributed by atoms with Gasteiger partial charge in [0.15, 0.2) is 0 Å². The molecule has 141 valence electrons. The maximum absolute atomic E-state index is 4.46. The van der Waals surface area contributed by atoms with Crippen molar-refractivity contribution in [3.8, 4) is 0 Å². The molecule has 0 spiro atoms. The van der Waals surface area contributed by atoms with E-state index >= 15 is 0 Å². The van der Waals surface area contributed by atoms with Gasteiger partial charge in [0.25, 0.3) is 0 Å². The number of rotatable bonds is 2. The largest absolute Gasteiger partial charge is 2.00 e. The molecule has 25 heavy (non-hydrogen) atoms. The van der Waals surface area contributed by atoms with Crippen molar-refractivity contribution >= 4 is 11.9 Å². The first-order valence-electron chi connectivity index (χ1n) is 7.57. The van der Waals surface area contributed by atoms with Crippen LogP contribution in [-0.4, -0.2) is 73.2 Å². The molecule has 3 rings (SSSR count). The Balaban J connectivity index is 0.00000225. The molecule has 1 aliphatic heterocycles. The Kier molecular flexibility index (Phi) is 8.59. The van der Waals surface area contributed by atoms with Gasteiger partial charge >= 0.3 is 17.1 Å². The zero-order chi connectivity index (χ0) is 16.5. The maximum atomic E-state index is 4.46. The van der Waals surface area contributed by atoms with Gasteiger partial charge in [0.1, 0.15) is 0 Å². The molecule has 1 fully saturated rings. The molecule has 0 unspecified atom stereocenters. The van der Waals surface area contributed by atoms with E-state index in [1.807, 2.05) is 9.80 Å². The second kappa shape index (κ2) is 11.0. The molecule has 0 saturated carbocycles. The minimum atomic E-state index is 0. The monoisotopic (exact) mass is 393 g/mol. The summed E-state index contributed by atoms with van der Waals surface area (Å²) in [6.07, 6.45) is 2.83. The fourth-order valence-corrected chi connectivity index (χ4v) is 2.04. The zero-order valence-electron chi connectivity index (χ0n) is 13.5. The van der Waals surface area contributed by atoms with Crippen LogP contribution in [0.2, 0.25) is 0 Å². The van der Waals surface area contributed by atoms with Crippen LogP contribution >= 0.6 is 0 Å². The van der Waals surface area contributed by atoms with Crippen molar-refractivity contribution in [1.29, 1.82) is 0 Å². The van der Waals surface area contributed by atoms with Gasteiger partial charge in [-0.05, 0) is 0 Å². The van der Waals surface area contributed by atoms with E-state index in [0.717, 1.165) is 0 Å². The van der Waals surface area contributed by atoms with Gasteiger partial charge in [0.2, 0.25) is 0 Å². The summed E-state index contributed by atoms with van der Waals surface area (Å²) in [6, 6.07) is 0. The first kappa shape index (κ1) is 19.6. The van der Waals surface area contributed by atoms with Gasteiger partial charge in [0, 0.05) is 12.7 Å². The smallest absolute Gasteiger partial charge is 0.656 e. The third-order valence-electron chi connectivity index (χ3n) is 3.23. The van der Waals surface area contributed by atoms with E-state index in [0.29, 0.717) is 64.8 Å². The second-order valence-corrected chi connectivity index (χ2v) is 4.95. The Morgan fingerprint density at radius 1 is 0.640 bits per heavy atom. The van der Waals surface area contributed by atoms with E-state index in [4.69, 9.17) is 0 Å². The number of hydrogen-bond acceptors (Lipinski definition) is 6. The molecule has 3 heterocycles. The van der Waals surface area contributed by atoms with Crippen LogP contribution in [-0.2, 0) is 17.1 Å². The van der Waals surface area contributed by atoms with Gasteiger partial charge in [-0.1, -0.05) is 0 Å². The standard InChI is InChI=1S/C12H18N12.Cu/c1-2-14-8-24(12-18-6-20-22-12)10-16-4-3-15-9-23(7-13-1)11-17-5-19-21-11;/h5-6H,1-4,7-10H2;/q-6;+2. The van der Waals surface area contributed by atoms with Crippen LogP contribution in [0, 0.1) is 0 Å². The van der Waals surface area contributed by atoms with Crippen LogP contribution in [0.3, 0.4) is 0 Å². The zero-order valence-corrected chi connectivity index (χ0v) is 14.4. The molecule has 0 amide bonds. The molecule has 0 atom stereocenters. The minimum Gasteiger partial charge on any atom is -0.656 e. The molecule has 0 bridgehead atoms. The Hall–Kier alpha value is -1.76. The first-order valence-corrected chi connectivity index (χ1v) is 7.57. The quantitative estimate of drug-likeness (QED) is 0.639. The number of hydrogen-bond donors (Lipinski definition) is 0. The van der Waals surface area contributed by atoms with E-state index in [-0.39, 0.29) is 17.1 Å². The molecule has 0 aliphatic carbocycles. The van der Waals surface area contributed by atoms with Crippen LogP contribution in [0.4, 0.5) is 11.9 Å². The number of anilines is 2. The second-order valence-electron chi connectivity index (χ2n) is 4.95. The summed E-state index contributed by atoms with van der Waals surface area (Å²) in [6.45, 7) is 4.27. The summed E-state index contributed by atoms with van der Waals surface area (Å²) in [5.74, 6) is 1.08. The van der Waals surface area contributed by atoms with Gasteiger partial charge in [0.05, 0.1) is 11.9 Å². The van der Waals surface area contributed by atoms with Crippen molar-refractivity contribution in [2.75, 3.05) is 62.7 Å². The minimum absolute atomic E-state index is 0. The van der Waals surface area contributed by atoms with Gasteiger partial charge in [-0.2, -0.15) is 26.2 Å². The Labute approximate surface area is 156 Å². The van der Waals surface area contributed by atoms with Crippen molar-refractivity contribution in [3.05, 3.63) is 33.9 Å². The van der Waals surface area contributed by atoms with Gasteiger partial charge in [-0.25, -0.2) is 0 Å². The van der Waals surface area contributed by atoms with Crippen molar-refractivity contribution in [2.24, 2.45) is 0 Å². The average Bonchev–Trinajstić information content (AvgIpc) is 3.30. The predicted octanol–water partition coefficient (Wildman–Crippen LogP) is -0.170. The van der Waals surface area contributed by atoms with Gasteiger partial charge < -0.3 is 51.2 Å². The molecule has 2 aromatic heterocycles. The summed E-state index contributed by atoms with van der Waals surface area (Å²) in [5, 5.41) is 33.2. The van der Waals surface area contributed by atoms with E-state index < -0.39 is 0 Å². The SMILES string of the molecule is [Cu+2].c1nnc(N2C[N-]CC[N-]CN(c3nnc[n-]3)C[N-]CC[N-]C2)[n-]1. The Morgan fingerprint density at radius 2 is 1.00 bits per heavy atom. The van der Waals surface area contributed by atoms with Crippen LogP contribution in [0.5, 0.6) is 0 Å². The fraction of sp³-hybridized carbons (Fsp3) is 0.667. The van der Waals surface area contributed by atoms with Crippen LogP contribution in [0.25, 0.3) is 21.3 Å². The molecular formula is C12H18CuN12-4. The van der Waals surface area contributed by atoms with E-state index in [9.17, 15) is 0 Å². The molecule has 1 saturated heterocycles. The third-order valence-corrected chi connectivity index (χ3v) is 3.23. The number of aromatic nitrogens is 6. The molecule has 12 nitrogen and oxygen atoms in total. The maximum Gasteiger partial charge on any atom is 2.00 e. The van der Waals surface area contributed by atoms with Crippen molar-refractivity contribution in [1.82, 2.24) is 30.4 Å². The van der Waals surface area contributed by atoms with Crippen molar-refractivity contribution in [3.63, 3.8) is 0 Å². The van der Waals surface area contributed by atoms with Crippen molar-refractivity contribution in [2.45, 2.75) is 0 Å². The van der Waals surface area contributed by atoms with Gasteiger partial charge in [-0.3, -0.25) is 10.2 Å². The third kappa shape index (κ3) is 6.23. The molecule has 2 aromatic rings. The van der Waals surface area contributed by atoms with E-state index in [1.54, 1.807) is 0 Å². The van der Waals surface area contributed by atoms with Crippen LogP contribution < -0.4 is 19.8 Å². The Morgan fingerprint density at radius 3 is 1.28 bits per heavy atom. The molecule has 13 heteroatoms. The van der Waals surface area contributed by atoms with E-state index in [2.05, 4.69) is 51.6 Å². The normalized spacial score (nSPS) is 18.4. The molecule has 0 aromatic carbocycles. The summed E-state index contributed by atoms with van der Waals surface area (Å²) >= 11 is 0. The first-order chi connectivity index (χ1) is 11.9. The molecule has 1 aliphatic rings. The Bertz CT molecular complexity index is 480. The molecule has 0 N–H and O–H groups in total. The van der Waals surface area contributed by atoms with E-state index in [1.165, 1.54) is 12.7 Å². The topological polar surface area (TPSA) is 143 Å². The summed E-state index contributed by atoms with van der Waals surface area (Å²) < 4.78 is 0. The van der Waals surface area contributed by atoms with Crippen molar-refractivity contribution < 1.29 is 17.1 Å². The van der Waals surface area contributed by atoms with Crippen LogP contribution in [0.15, 0.2) is 12.7 Å². The summed E-state index contributed by atoms with van der Waals surface area (Å²) in [4.78, 5) is 11.9. The predicted molar refractivity (Wildman–Crippen MR) is 88.0 cm³/mol.